The Morgan fingerprint density at radius 2 is 1.75 bits per heavy atom. The number of hydrogen-bond acceptors (Lipinski definition) is 6. The second kappa shape index (κ2) is 9.91. The zero-order valence-electron chi connectivity index (χ0n) is 14.5. The van der Waals surface area contributed by atoms with Gasteiger partial charge in [-0.15, -0.1) is 0 Å². The fourth-order valence-corrected chi connectivity index (χ4v) is 2.40. The number of phosphoric ester groups is 1. The average molecular weight is 359 g/mol. The van der Waals surface area contributed by atoms with Crippen LogP contribution in [0.2, 0.25) is 0 Å². The summed E-state index contributed by atoms with van der Waals surface area (Å²) < 4.78 is 26.7. The molecule has 1 rings (SSSR count). The van der Waals surface area contributed by atoms with Crippen molar-refractivity contribution in [3.63, 3.8) is 0 Å². The first-order valence-corrected chi connectivity index (χ1v) is 9.24. The fraction of sp³-hybridized carbons (Fsp3) is 0.562. The van der Waals surface area contributed by atoms with E-state index in [1.165, 1.54) is 0 Å². The van der Waals surface area contributed by atoms with Gasteiger partial charge in [0.1, 0.15) is 19.8 Å². The van der Waals surface area contributed by atoms with Gasteiger partial charge >= 0.3 is 5.97 Å². The zero-order valence-corrected chi connectivity index (χ0v) is 15.4. The van der Waals surface area contributed by atoms with E-state index in [0.717, 1.165) is 5.56 Å². The maximum absolute atomic E-state index is 11.6. The number of esters is 1. The molecule has 0 aliphatic carbocycles. The van der Waals surface area contributed by atoms with Crippen molar-refractivity contribution in [2.24, 2.45) is 0 Å². The Kier molecular flexibility index (Phi) is 8.59. The summed E-state index contributed by atoms with van der Waals surface area (Å²) in [5.41, 5.74) is 0.900. The van der Waals surface area contributed by atoms with E-state index >= 15 is 0 Å². The summed E-state index contributed by atoms with van der Waals surface area (Å²) in [4.78, 5) is 23.1. The Balaban J connectivity index is 2.13. The van der Waals surface area contributed by atoms with Gasteiger partial charge in [0.15, 0.2) is 0 Å². The summed E-state index contributed by atoms with van der Waals surface area (Å²) in [6, 6.07) is 9.32. The molecule has 0 N–H and O–H groups in total. The summed E-state index contributed by atoms with van der Waals surface area (Å²) in [6.07, 6.45) is 0.338. The van der Waals surface area contributed by atoms with E-state index in [-0.39, 0.29) is 32.7 Å². The van der Waals surface area contributed by atoms with Crippen LogP contribution in [0.4, 0.5) is 0 Å². The Hall–Kier alpha value is -1.24. The molecule has 8 heteroatoms. The molecule has 0 saturated heterocycles. The molecule has 0 saturated carbocycles. The largest absolute Gasteiger partial charge is 0.756 e. The van der Waals surface area contributed by atoms with E-state index < -0.39 is 13.8 Å². The van der Waals surface area contributed by atoms with Gasteiger partial charge in [0.05, 0.1) is 27.7 Å². The van der Waals surface area contributed by atoms with Crippen LogP contribution in [0.5, 0.6) is 0 Å². The molecule has 0 bridgehead atoms. The molecule has 0 aliphatic rings. The zero-order chi connectivity index (χ0) is 18.1. The van der Waals surface area contributed by atoms with Gasteiger partial charge in [-0.05, 0) is 12.0 Å². The van der Waals surface area contributed by atoms with E-state index in [1.807, 2.05) is 51.5 Å². The van der Waals surface area contributed by atoms with Crippen LogP contribution in [-0.4, -0.2) is 51.4 Å². The highest BCUT2D eigenvalue weighted by Gasteiger charge is 2.13. The van der Waals surface area contributed by atoms with E-state index in [1.54, 1.807) is 0 Å². The van der Waals surface area contributed by atoms with E-state index in [9.17, 15) is 14.3 Å². The third-order valence-corrected chi connectivity index (χ3v) is 4.03. The minimum absolute atomic E-state index is 0.0589. The molecule has 0 heterocycles. The first kappa shape index (κ1) is 20.8. The lowest BCUT2D eigenvalue weighted by Gasteiger charge is -2.27. The lowest BCUT2D eigenvalue weighted by atomic mass is 10.2. The molecule has 0 aromatic heterocycles. The Morgan fingerprint density at radius 3 is 2.38 bits per heavy atom. The van der Waals surface area contributed by atoms with Crippen LogP contribution in [0.3, 0.4) is 0 Å². The number of ether oxygens (including phenoxy) is 1. The smallest absolute Gasteiger partial charge is 0.306 e. The summed E-state index contributed by atoms with van der Waals surface area (Å²) in [6.45, 7) is 0.700. The second-order valence-electron chi connectivity index (χ2n) is 6.38. The molecule has 1 atom stereocenters. The number of carbonyl (C=O) groups is 1. The van der Waals surface area contributed by atoms with E-state index in [4.69, 9.17) is 13.8 Å². The molecule has 0 radical (unpaired) electrons. The van der Waals surface area contributed by atoms with Gasteiger partial charge < -0.3 is 23.2 Å². The summed E-state index contributed by atoms with van der Waals surface area (Å²) in [5.74, 6) is -0.394. The molecule has 0 fully saturated rings. The molecule has 0 amide bonds. The lowest BCUT2D eigenvalue weighted by Crippen LogP contribution is -2.37. The standard InChI is InChI=1S/C16H26NO6P/c1-17(2,3)11-13-23-24(19,20)22-12-7-10-16(18)21-14-15-8-5-4-6-9-15/h4-6,8-9H,7,10-14H2,1-3H3. The Morgan fingerprint density at radius 1 is 1.12 bits per heavy atom. The summed E-state index contributed by atoms with van der Waals surface area (Å²) in [7, 11) is 1.48. The highest BCUT2D eigenvalue weighted by atomic mass is 31.2. The summed E-state index contributed by atoms with van der Waals surface area (Å²) >= 11 is 0. The predicted molar refractivity (Wildman–Crippen MR) is 87.9 cm³/mol. The van der Waals surface area contributed by atoms with Crippen molar-refractivity contribution in [1.82, 2.24) is 0 Å². The number of hydrogen-bond donors (Lipinski definition) is 0. The van der Waals surface area contributed by atoms with E-state index in [0.29, 0.717) is 11.0 Å². The third-order valence-electron chi connectivity index (χ3n) is 3.03. The maximum atomic E-state index is 11.6. The number of nitrogens with zero attached hydrogens (tertiary/aromatic N) is 1. The molecular formula is C16H26NO6P. The SMILES string of the molecule is C[N+](C)(C)CCOP(=O)([O-])OCCCC(=O)OCc1ccccc1. The number of rotatable bonds is 11. The highest BCUT2D eigenvalue weighted by molar-refractivity contribution is 7.45. The molecule has 24 heavy (non-hydrogen) atoms. The molecule has 1 aromatic carbocycles. The second-order valence-corrected chi connectivity index (χ2v) is 7.79. The van der Waals surface area contributed by atoms with Crippen molar-refractivity contribution in [2.75, 3.05) is 40.9 Å². The van der Waals surface area contributed by atoms with Gasteiger partial charge in [-0.3, -0.25) is 9.36 Å². The van der Waals surface area contributed by atoms with Crippen LogP contribution in [0.15, 0.2) is 30.3 Å². The average Bonchev–Trinajstić information content (AvgIpc) is 2.49. The van der Waals surface area contributed by atoms with Gasteiger partial charge in [-0.1, -0.05) is 30.3 Å². The van der Waals surface area contributed by atoms with Crippen molar-refractivity contribution in [2.45, 2.75) is 19.4 Å². The molecule has 136 valence electrons. The van der Waals surface area contributed by atoms with Gasteiger partial charge in [-0.2, -0.15) is 0 Å². The molecule has 0 spiro atoms. The minimum atomic E-state index is -4.31. The molecular weight excluding hydrogens is 333 g/mol. The van der Waals surface area contributed by atoms with Crippen molar-refractivity contribution >= 4 is 13.8 Å². The Bertz CT molecular complexity index is 543. The van der Waals surface area contributed by atoms with Crippen molar-refractivity contribution in [3.05, 3.63) is 35.9 Å². The minimum Gasteiger partial charge on any atom is -0.756 e. The first-order valence-electron chi connectivity index (χ1n) is 7.78. The first-order chi connectivity index (χ1) is 11.2. The van der Waals surface area contributed by atoms with Crippen molar-refractivity contribution < 1.29 is 32.5 Å². The number of carbonyl (C=O) groups excluding carboxylic acids is 1. The van der Waals surface area contributed by atoms with Crippen molar-refractivity contribution in [3.8, 4) is 0 Å². The maximum Gasteiger partial charge on any atom is 0.306 e. The van der Waals surface area contributed by atoms with Crippen molar-refractivity contribution in [1.29, 1.82) is 0 Å². The number of benzene rings is 1. The van der Waals surface area contributed by atoms with Crippen LogP contribution in [0.1, 0.15) is 18.4 Å². The predicted octanol–water partition coefficient (Wildman–Crippen LogP) is 1.72. The number of quaternary nitrogens is 1. The number of phosphoric acid groups is 1. The van der Waals surface area contributed by atoms with Gasteiger partial charge in [0, 0.05) is 6.42 Å². The highest BCUT2D eigenvalue weighted by Crippen LogP contribution is 2.38. The van der Waals surface area contributed by atoms with Gasteiger partial charge in [0.25, 0.3) is 7.82 Å². The molecule has 1 aromatic rings. The van der Waals surface area contributed by atoms with Gasteiger partial charge in [0.2, 0.25) is 0 Å². The monoisotopic (exact) mass is 359 g/mol. The molecule has 1 unspecified atom stereocenters. The van der Waals surface area contributed by atoms with Crippen LogP contribution >= 0.6 is 7.82 Å². The molecule has 7 nitrogen and oxygen atoms in total. The van der Waals surface area contributed by atoms with E-state index in [2.05, 4.69) is 0 Å². The quantitative estimate of drug-likeness (QED) is 0.259. The normalized spacial score (nSPS) is 14.2. The van der Waals surface area contributed by atoms with Crippen LogP contribution < -0.4 is 4.89 Å². The fourth-order valence-electron chi connectivity index (χ4n) is 1.67. The topological polar surface area (TPSA) is 84.9 Å². The third kappa shape index (κ3) is 10.5. The van der Waals surface area contributed by atoms with Crippen LogP contribution in [0.25, 0.3) is 0 Å². The lowest BCUT2D eigenvalue weighted by molar-refractivity contribution is -0.870. The van der Waals surface area contributed by atoms with Crippen LogP contribution in [0, 0.1) is 0 Å². The Labute approximate surface area is 143 Å². The number of likely N-dealkylation sites (N-methyl/N-ethyl adjacent to an activating group) is 1. The summed E-state index contributed by atoms with van der Waals surface area (Å²) in [5, 5.41) is 0. The van der Waals surface area contributed by atoms with Gasteiger partial charge in [-0.25, -0.2) is 0 Å². The molecule has 0 aliphatic heterocycles. The van der Waals surface area contributed by atoms with Crippen LogP contribution in [-0.2, 0) is 29.8 Å².